The zero-order chi connectivity index (χ0) is 10.8. The van der Waals surface area contributed by atoms with E-state index in [1.807, 2.05) is 0 Å². The number of rotatable bonds is 8. The summed E-state index contributed by atoms with van der Waals surface area (Å²) in [5.74, 6) is -0.274. The predicted molar refractivity (Wildman–Crippen MR) is 70.8 cm³/mol. The summed E-state index contributed by atoms with van der Waals surface area (Å²) in [6, 6.07) is 0. The maximum Gasteiger partial charge on any atom is 0.332 e. The molecule has 14 heavy (non-hydrogen) atoms. The Morgan fingerprint density at radius 1 is 1.50 bits per heavy atom. The van der Waals surface area contributed by atoms with Crippen LogP contribution in [0.2, 0.25) is 0 Å². The highest BCUT2D eigenvalue weighted by molar-refractivity contribution is 6.57. The molecule has 0 fully saturated rings. The van der Waals surface area contributed by atoms with Gasteiger partial charge < -0.3 is 18.7 Å². The molecule has 82 valence electrons. The maximum absolute atomic E-state index is 10.9. The van der Waals surface area contributed by atoms with Crippen molar-refractivity contribution in [1.82, 2.24) is 13.9 Å². The van der Waals surface area contributed by atoms with Crippen molar-refractivity contribution in [1.29, 1.82) is 0 Å². The molecule has 0 amide bonds. The van der Waals surface area contributed by atoms with Crippen LogP contribution in [0.3, 0.4) is 0 Å². The van der Waals surface area contributed by atoms with Gasteiger partial charge in [0.1, 0.15) is 9.68 Å². The van der Waals surface area contributed by atoms with Crippen molar-refractivity contribution in [3.8, 4) is 0 Å². The second-order valence-electron chi connectivity index (χ2n) is 2.87. The molecule has 0 atom stereocenters. The minimum atomic E-state index is -0.421. The quantitative estimate of drug-likeness (QED) is 0.178. The van der Waals surface area contributed by atoms with Crippen LogP contribution in [0.5, 0.6) is 0 Å². The number of nitrogens with one attached hydrogen (secondary N) is 3. The van der Waals surface area contributed by atoms with Gasteiger partial charge in [-0.25, -0.2) is 4.79 Å². The Morgan fingerprint density at radius 3 is 2.79 bits per heavy atom. The van der Waals surface area contributed by atoms with Crippen LogP contribution >= 0.6 is 0 Å². The predicted octanol–water partition coefficient (Wildman–Crippen LogP) is -4.81. The van der Waals surface area contributed by atoms with Gasteiger partial charge in [0.25, 0.3) is 0 Å². The number of hydrogen-bond acceptors (Lipinski definition) is 5. The molecule has 0 radical (unpaired) electrons. The fourth-order valence-electron chi connectivity index (χ4n) is 0.703. The number of ether oxygens (including phenoxy) is 1. The molecule has 0 aliphatic carbocycles. The van der Waals surface area contributed by atoms with Gasteiger partial charge in [0.05, 0.1) is 16.6 Å². The van der Waals surface area contributed by atoms with Gasteiger partial charge in [-0.1, -0.05) is 6.58 Å². The highest BCUT2D eigenvalue weighted by Crippen LogP contribution is 1.89. The van der Waals surface area contributed by atoms with Gasteiger partial charge in [0.15, 0.2) is 19.7 Å². The molecule has 0 saturated heterocycles. The lowest BCUT2D eigenvalue weighted by Crippen LogP contribution is -2.43. The topological polar surface area (TPSA) is 62.4 Å². The van der Waals surface area contributed by atoms with Crippen molar-refractivity contribution < 1.29 is 9.53 Å². The number of hydrogen-bond donors (Lipinski definition) is 3. The average Bonchev–Trinajstić information content (AvgIpc) is 2.16. The Bertz CT molecular complexity index is 192. The van der Waals surface area contributed by atoms with Gasteiger partial charge in [-0.15, -0.1) is 0 Å². The molecule has 0 spiro atoms. The first-order chi connectivity index (χ1) is 6.68. The molecular formula is C5H19N3O2Si4. The fraction of sp³-hybridized carbons (Fsp3) is 0.400. The summed E-state index contributed by atoms with van der Waals surface area (Å²) in [4.78, 5) is 10.9. The van der Waals surface area contributed by atoms with Crippen molar-refractivity contribution in [2.75, 3.05) is 6.23 Å². The van der Waals surface area contributed by atoms with E-state index in [-0.39, 0.29) is 25.7 Å². The molecule has 0 aromatic carbocycles. The summed E-state index contributed by atoms with van der Waals surface area (Å²) < 4.78 is 15.0. The van der Waals surface area contributed by atoms with Crippen molar-refractivity contribution in [3.63, 3.8) is 0 Å². The number of carbonyl (C=O) groups excluding carboxylic acids is 1. The van der Waals surface area contributed by atoms with Gasteiger partial charge in [-0.2, -0.15) is 0 Å². The SMILES string of the molecule is C=C(C)C(=O)OC[SiH2]N[SiH2]N[SiH2]N[SiH3]. The third-order valence-electron chi connectivity index (χ3n) is 1.41. The third kappa shape index (κ3) is 8.55. The van der Waals surface area contributed by atoms with Crippen molar-refractivity contribution in [2.24, 2.45) is 0 Å². The van der Waals surface area contributed by atoms with E-state index in [0.717, 1.165) is 10.4 Å². The summed E-state index contributed by atoms with van der Waals surface area (Å²) in [5.41, 5.74) is 0.474. The molecule has 9 heteroatoms. The highest BCUT2D eigenvalue weighted by atomic mass is 28.3. The lowest BCUT2D eigenvalue weighted by atomic mass is 10.4. The first-order valence-electron chi connectivity index (χ1n) is 4.57. The van der Waals surface area contributed by atoms with Crippen LogP contribution in [0.15, 0.2) is 12.2 Å². The van der Waals surface area contributed by atoms with E-state index in [0.29, 0.717) is 11.8 Å². The van der Waals surface area contributed by atoms with Crippen molar-refractivity contribution in [2.45, 2.75) is 6.92 Å². The monoisotopic (exact) mass is 265 g/mol. The number of esters is 1. The van der Waals surface area contributed by atoms with Crippen molar-refractivity contribution >= 4 is 45.7 Å². The lowest BCUT2D eigenvalue weighted by Gasteiger charge is -2.05. The molecule has 0 rings (SSSR count). The van der Waals surface area contributed by atoms with Crippen LogP contribution in [0, 0.1) is 0 Å². The molecule has 0 heterocycles. The lowest BCUT2D eigenvalue weighted by molar-refractivity contribution is -0.137. The summed E-state index contributed by atoms with van der Waals surface area (Å²) >= 11 is 0. The average molecular weight is 266 g/mol. The zero-order valence-electron chi connectivity index (χ0n) is 8.85. The van der Waals surface area contributed by atoms with E-state index in [1.165, 1.54) is 0 Å². The Labute approximate surface area is 94.8 Å². The van der Waals surface area contributed by atoms with Gasteiger partial charge in [-0.05, 0) is 6.92 Å². The van der Waals surface area contributed by atoms with Crippen LogP contribution in [0.25, 0.3) is 0 Å². The minimum Gasteiger partial charge on any atom is -0.465 e. The maximum atomic E-state index is 10.9. The van der Waals surface area contributed by atoms with Crippen LogP contribution in [0.1, 0.15) is 6.92 Å². The van der Waals surface area contributed by atoms with Gasteiger partial charge in [0, 0.05) is 5.57 Å². The van der Waals surface area contributed by atoms with E-state index in [9.17, 15) is 4.79 Å². The van der Waals surface area contributed by atoms with Crippen LogP contribution in [0.4, 0.5) is 0 Å². The molecule has 0 bridgehead atoms. The van der Waals surface area contributed by atoms with Crippen LogP contribution < -0.4 is 13.9 Å². The minimum absolute atomic E-state index is 0.180. The molecular weight excluding hydrogens is 246 g/mol. The fourth-order valence-corrected chi connectivity index (χ4v) is 8.32. The van der Waals surface area contributed by atoms with Gasteiger partial charge in [0.2, 0.25) is 0 Å². The molecule has 0 aromatic heterocycles. The standard InChI is InChI=1S/C5H19N3O2Si4/c1-4(2)5(9)10-3-12-7-14-8-13-6-11/h6-8H,1,3,12-14H2,2,11H3. The smallest absolute Gasteiger partial charge is 0.332 e. The van der Waals surface area contributed by atoms with E-state index in [1.54, 1.807) is 6.92 Å². The van der Waals surface area contributed by atoms with Crippen molar-refractivity contribution in [3.05, 3.63) is 12.2 Å². The van der Waals surface area contributed by atoms with Crippen LogP contribution in [-0.2, 0) is 9.53 Å². The van der Waals surface area contributed by atoms with E-state index in [4.69, 9.17) is 4.74 Å². The normalized spacial score (nSPS) is 12.6. The first-order valence-corrected chi connectivity index (χ1v) is 10.1. The zero-order valence-corrected chi connectivity index (χ0v) is 15.1. The molecule has 5 nitrogen and oxygen atoms in total. The van der Waals surface area contributed by atoms with Crippen LogP contribution in [-0.4, -0.2) is 52.0 Å². The molecule has 0 aliphatic heterocycles. The highest BCUT2D eigenvalue weighted by Gasteiger charge is 2.01. The Balaban J connectivity index is 3.13. The number of carbonyl (C=O) groups is 1. The molecule has 0 saturated carbocycles. The Hall–Kier alpha value is -0.0425. The molecule has 0 aliphatic rings. The molecule has 0 unspecified atom stereocenters. The summed E-state index contributed by atoms with van der Waals surface area (Å²) in [6.07, 6.45) is 0.566. The first kappa shape index (κ1) is 14.0. The van der Waals surface area contributed by atoms with Gasteiger partial charge >= 0.3 is 5.97 Å². The van der Waals surface area contributed by atoms with E-state index >= 15 is 0 Å². The summed E-state index contributed by atoms with van der Waals surface area (Å²) in [7, 11) is 0.185. The Kier molecular flexibility index (Phi) is 9.48. The summed E-state index contributed by atoms with van der Waals surface area (Å²) in [5, 5.41) is 0. The third-order valence-corrected chi connectivity index (χ3v) is 7.65. The molecule has 3 N–H and O–H groups in total. The van der Waals surface area contributed by atoms with Gasteiger partial charge in [-0.3, -0.25) is 0 Å². The van der Waals surface area contributed by atoms with E-state index in [2.05, 4.69) is 20.5 Å². The Morgan fingerprint density at radius 2 is 2.21 bits per heavy atom. The largest absolute Gasteiger partial charge is 0.465 e. The van der Waals surface area contributed by atoms with E-state index < -0.39 is 9.68 Å². The second-order valence-corrected chi connectivity index (χ2v) is 11.3. The second kappa shape index (κ2) is 9.51. The molecule has 0 aromatic rings. The summed E-state index contributed by atoms with van der Waals surface area (Å²) in [6.45, 7) is 5.18.